The van der Waals surface area contributed by atoms with Crippen molar-refractivity contribution in [1.29, 1.82) is 0 Å². The zero-order valence-electron chi connectivity index (χ0n) is 18.7. The van der Waals surface area contributed by atoms with E-state index in [1.54, 1.807) is 18.2 Å². The van der Waals surface area contributed by atoms with Crippen molar-refractivity contribution in [2.24, 2.45) is 17.3 Å². The van der Waals surface area contributed by atoms with Crippen molar-refractivity contribution < 1.29 is 33.0 Å². The topological polar surface area (TPSA) is 138 Å². The van der Waals surface area contributed by atoms with Crippen molar-refractivity contribution in [3.05, 3.63) is 30.3 Å². The number of carboxylic acid groups (broad SMARTS) is 2. The largest absolute Gasteiger partial charge is 0.481 e. The molecule has 3 atom stereocenters. The Morgan fingerprint density at radius 3 is 2.30 bits per heavy atom. The summed E-state index contributed by atoms with van der Waals surface area (Å²) in [5.74, 6) is -3.89. The van der Waals surface area contributed by atoms with Crippen molar-refractivity contribution in [2.45, 2.75) is 75.1 Å². The minimum Gasteiger partial charge on any atom is -0.481 e. The Kier molecular flexibility index (Phi) is 8.15. The Morgan fingerprint density at radius 1 is 1.03 bits per heavy atom. The normalized spacial score (nSPS) is 23.5. The van der Waals surface area contributed by atoms with Gasteiger partial charge in [0.05, 0.1) is 27.9 Å². The number of carbonyl (C=O) groups is 3. The van der Waals surface area contributed by atoms with E-state index in [2.05, 4.69) is 5.32 Å². The van der Waals surface area contributed by atoms with E-state index in [0.29, 0.717) is 32.1 Å². The summed E-state index contributed by atoms with van der Waals surface area (Å²) in [7, 11) is -3.62. The van der Waals surface area contributed by atoms with Gasteiger partial charge in [-0.25, -0.2) is 8.42 Å². The molecule has 1 unspecified atom stereocenters. The predicted octanol–water partition coefficient (Wildman–Crippen LogP) is 3.26. The number of carboxylic acids is 2. The Balaban J connectivity index is 1.68. The Bertz CT molecular complexity index is 954. The minimum absolute atomic E-state index is 0.0634. The van der Waals surface area contributed by atoms with Crippen LogP contribution in [0.2, 0.25) is 0 Å². The van der Waals surface area contributed by atoms with Crippen LogP contribution < -0.4 is 5.32 Å². The number of rotatable bonds is 10. The van der Waals surface area contributed by atoms with E-state index in [1.165, 1.54) is 12.1 Å². The van der Waals surface area contributed by atoms with E-state index in [0.717, 1.165) is 19.3 Å². The SMILES string of the molecule is O=C(O)C(CCS(=O)(=O)c1ccccc1)CC1(C(=O)N[C@@H]2CCC[C@H](C(=O)O)C2)CCCC1. The highest BCUT2D eigenvalue weighted by atomic mass is 32.2. The quantitative estimate of drug-likeness (QED) is 0.468. The standard InChI is InChI=1S/C24H33NO7S/c26-21(27)17-7-6-8-19(15-17)25-23(30)24(12-4-5-13-24)16-18(22(28)29)11-14-33(31,32)20-9-2-1-3-10-20/h1-3,9-10,17-19H,4-8,11-16H2,(H,25,30)(H,26,27)(H,28,29)/t17-,18?,19+/m0/s1. The number of amides is 1. The first-order valence-corrected chi connectivity index (χ1v) is 13.3. The first-order valence-electron chi connectivity index (χ1n) is 11.7. The highest BCUT2D eigenvalue weighted by Crippen LogP contribution is 2.44. The number of hydrogen-bond donors (Lipinski definition) is 3. The molecule has 3 N–H and O–H groups in total. The molecule has 0 heterocycles. The summed E-state index contributed by atoms with van der Waals surface area (Å²) in [5.41, 5.74) is -0.851. The van der Waals surface area contributed by atoms with Crippen LogP contribution in [0.5, 0.6) is 0 Å². The maximum atomic E-state index is 13.3. The first kappa shape index (κ1) is 25.2. The van der Waals surface area contributed by atoms with Crippen LogP contribution in [0.3, 0.4) is 0 Å². The third-order valence-corrected chi connectivity index (χ3v) is 8.99. The van der Waals surface area contributed by atoms with Gasteiger partial charge in [-0.3, -0.25) is 14.4 Å². The predicted molar refractivity (Wildman–Crippen MR) is 121 cm³/mol. The fraction of sp³-hybridized carbons (Fsp3) is 0.625. The molecular weight excluding hydrogens is 446 g/mol. The molecule has 0 radical (unpaired) electrons. The number of nitrogens with one attached hydrogen (secondary N) is 1. The van der Waals surface area contributed by atoms with Gasteiger partial charge < -0.3 is 15.5 Å². The van der Waals surface area contributed by atoms with Gasteiger partial charge in [0.2, 0.25) is 5.91 Å². The van der Waals surface area contributed by atoms with Gasteiger partial charge in [-0.1, -0.05) is 37.5 Å². The second-order valence-electron chi connectivity index (χ2n) is 9.52. The average Bonchev–Trinajstić information content (AvgIpc) is 3.27. The van der Waals surface area contributed by atoms with Gasteiger partial charge in [-0.15, -0.1) is 0 Å². The fourth-order valence-electron chi connectivity index (χ4n) is 5.29. The number of hydrogen-bond acceptors (Lipinski definition) is 5. The third-order valence-electron chi connectivity index (χ3n) is 7.22. The van der Waals surface area contributed by atoms with Crippen LogP contribution in [0.1, 0.15) is 64.2 Å². The molecule has 1 aromatic rings. The molecule has 33 heavy (non-hydrogen) atoms. The molecule has 9 heteroatoms. The maximum absolute atomic E-state index is 13.3. The summed E-state index contributed by atoms with van der Waals surface area (Å²) in [6.45, 7) is 0. The van der Waals surface area contributed by atoms with Gasteiger partial charge >= 0.3 is 11.9 Å². The summed E-state index contributed by atoms with van der Waals surface area (Å²) >= 11 is 0. The smallest absolute Gasteiger partial charge is 0.306 e. The molecule has 0 aromatic heterocycles. The van der Waals surface area contributed by atoms with Crippen LogP contribution in [-0.2, 0) is 24.2 Å². The van der Waals surface area contributed by atoms with Crippen LogP contribution in [0.4, 0.5) is 0 Å². The Morgan fingerprint density at radius 2 is 1.70 bits per heavy atom. The van der Waals surface area contributed by atoms with Crippen molar-refractivity contribution in [2.75, 3.05) is 5.75 Å². The lowest BCUT2D eigenvalue weighted by atomic mass is 9.75. The molecule has 0 spiro atoms. The summed E-state index contributed by atoms with van der Waals surface area (Å²) in [6.07, 6.45) is 5.19. The van der Waals surface area contributed by atoms with Gasteiger partial charge in [0.1, 0.15) is 0 Å². The van der Waals surface area contributed by atoms with Crippen LogP contribution in [-0.4, -0.2) is 48.3 Å². The van der Waals surface area contributed by atoms with Crippen molar-refractivity contribution in [3.8, 4) is 0 Å². The van der Waals surface area contributed by atoms with Gasteiger partial charge in [-0.2, -0.15) is 0 Å². The molecule has 1 aromatic carbocycles. The third kappa shape index (κ3) is 6.34. The molecular formula is C24H33NO7S. The van der Waals surface area contributed by atoms with E-state index < -0.39 is 39.0 Å². The molecule has 2 fully saturated rings. The number of carbonyl (C=O) groups excluding carboxylic acids is 1. The second kappa shape index (κ2) is 10.7. The first-order chi connectivity index (χ1) is 15.6. The van der Waals surface area contributed by atoms with E-state index >= 15 is 0 Å². The fourth-order valence-corrected chi connectivity index (χ4v) is 6.69. The van der Waals surface area contributed by atoms with Crippen LogP contribution in [0.25, 0.3) is 0 Å². The molecule has 8 nitrogen and oxygen atoms in total. The molecule has 2 saturated carbocycles. The highest BCUT2D eigenvalue weighted by molar-refractivity contribution is 7.91. The van der Waals surface area contributed by atoms with Gasteiger partial charge in [0.25, 0.3) is 0 Å². The summed E-state index contributed by atoms with van der Waals surface area (Å²) in [5, 5.41) is 22.2. The van der Waals surface area contributed by atoms with E-state index in [4.69, 9.17) is 0 Å². The van der Waals surface area contributed by atoms with Crippen molar-refractivity contribution in [1.82, 2.24) is 5.32 Å². The number of sulfone groups is 1. The molecule has 3 rings (SSSR count). The number of aliphatic carboxylic acids is 2. The average molecular weight is 480 g/mol. The second-order valence-corrected chi connectivity index (χ2v) is 11.6. The van der Waals surface area contributed by atoms with Crippen molar-refractivity contribution >= 4 is 27.7 Å². The molecule has 0 bridgehead atoms. The van der Waals surface area contributed by atoms with Crippen LogP contribution in [0.15, 0.2) is 35.2 Å². The van der Waals surface area contributed by atoms with E-state index in [-0.39, 0.29) is 35.4 Å². The zero-order valence-corrected chi connectivity index (χ0v) is 19.6. The lowest BCUT2D eigenvalue weighted by Gasteiger charge is -2.34. The molecule has 0 aliphatic heterocycles. The van der Waals surface area contributed by atoms with Crippen LogP contribution >= 0.6 is 0 Å². The lowest BCUT2D eigenvalue weighted by molar-refractivity contribution is -0.146. The minimum atomic E-state index is -3.62. The molecule has 2 aliphatic carbocycles. The summed E-state index contributed by atoms with van der Waals surface area (Å²) < 4.78 is 25.3. The number of benzene rings is 1. The lowest BCUT2D eigenvalue weighted by Crippen LogP contribution is -2.47. The Hall–Kier alpha value is -2.42. The molecule has 0 saturated heterocycles. The molecule has 2 aliphatic rings. The summed E-state index contributed by atoms with van der Waals surface area (Å²) in [4.78, 5) is 36.9. The van der Waals surface area contributed by atoms with Gasteiger partial charge in [-0.05, 0) is 57.1 Å². The van der Waals surface area contributed by atoms with E-state index in [9.17, 15) is 33.0 Å². The summed E-state index contributed by atoms with van der Waals surface area (Å²) in [6, 6.07) is 7.72. The van der Waals surface area contributed by atoms with E-state index in [1.807, 2.05) is 0 Å². The van der Waals surface area contributed by atoms with Gasteiger partial charge in [0.15, 0.2) is 9.84 Å². The van der Waals surface area contributed by atoms with Gasteiger partial charge in [0, 0.05) is 6.04 Å². The maximum Gasteiger partial charge on any atom is 0.306 e. The highest BCUT2D eigenvalue weighted by Gasteiger charge is 2.45. The van der Waals surface area contributed by atoms with Crippen LogP contribution in [0, 0.1) is 17.3 Å². The zero-order chi connectivity index (χ0) is 24.1. The monoisotopic (exact) mass is 479 g/mol. The molecule has 182 valence electrons. The molecule has 1 amide bonds. The Labute approximate surface area is 194 Å². The van der Waals surface area contributed by atoms with Crippen molar-refractivity contribution in [3.63, 3.8) is 0 Å².